The lowest BCUT2D eigenvalue weighted by Gasteiger charge is -2.41. The number of carbonyl (C=O) groups is 1. The first-order chi connectivity index (χ1) is 10.4. The van der Waals surface area contributed by atoms with Crippen LogP contribution in [0.15, 0.2) is 0 Å². The third-order valence-corrected chi connectivity index (χ3v) is 5.41. The first-order valence-electron chi connectivity index (χ1n) is 8.49. The van der Waals surface area contributed by atoms with Crippen molar-refractivity contribution >= 4 is 5.91 Å². The summed E-state index contributed by atoms with van der Waals surface area (Å²) in [5, 5.41) is 9.67. The molecule has 134 valence electrons. The van der Waals surface area contributed by atoms with Gasteiger partial charge in [-0.3, -0.25) is 4.79 Å². The maximum absolute atomic E-state index is 12.8. The number of hydrogen-bond donors (Lipinski definition) is 1. The van der Waals surface area contributed by atoms with Gasteiger partial charge in [-0.25, -0.2) is 0 Å². The van der Waals surface area contributed by atoms with E-state index in [1.807, 2.05) is 0 Å². The van der Waals surface area contributed by atoms with Gasteiger partial charge in [0.1, 0.15) is 0 Å². The summed E-state index contributed by atoms with van der Waals surface area (Å²) < 4.78 is 38.4. The Hall–Kier alpha value is -0.780. The molecule has 2 aliphatic rings. The van der Waals surface area contributed by atoms with Crippen molar-refractivity contribution in [2.24, 2.45) is 17.3 Å². The molecule has 1 saturated heterocycles. The molecule has 0 aromatic heterocycles. The van der Waals surface area contributed by atoms with Gasteiger partial charge in [0.2, 0.25) is 5.91 Å². The summed E-state index contributed by atoms with van der Waals surface area (Å²) in [6.45, 7) is 6.60. The molecule has 1 amide bonds. The van der Waals surface area contributed by atoms with Gasteiger partial charge in [-0.05, 0) is 36.5 Å². The first kappa shape index (κ1) is 18.6. The zero-order valence-electron chi connectivity index (χ0n) is 14.2. The summed E-state index contributed by atoms with van der Waals surface area (Å²) >= 11 is 0. The normalized spacial score (nSPS) is 31.0. The lowest BCUT2D eigenvalue weighted by Crippen LogP contribution is -2.54. The largest absolute Gasteiger partial charge is 0.417 e. The van der Waals surface area contributed by atoms with E-state index in [-0.39, 0.29) is 24.4 Å². The van der Waals surface area contributed by atoms with Crippen LogP contribution in [0.5, 0.6) is 0 Å². The van der Waals surface area contributed by atoms with E-state index < -0.39 is 24.6 Å². The Bertz CT molecular complexity index is 440. The van der Waals surface area contributed by atoms with Gasteiger partial charge in [-0.2, -0.15) is 13.2 Å². The summed E-state index contributed by atoms with van der Waals surface area (Å²) in [5.41, 5.74) is -2.41. The first-order valence-corrected chi connectivity index (χ1v) is 8.49. The highest BCUT2D eigenvalue weighted by Gasteiger charge is 2.54. The lowest BCUT2D eigenvalue weighted by atomic mass is 9.67. The van der Waals surface area contributed by atoms with Gasteiger partial charge in [-0.1, -0.05) is 20.8 Å². The number of hydrogen-bond acceptors (Lipinski definition) is 2. The molecule has 1 aliphatic carbocycles. The van der Waals surface area contributed by atoms with Crippen LogP contribution in [0.4, 0.5) is 13.2 Å². The van der Waals surface area contributed by atoms with Crippen LogP contribution in [0.25, 0.3) is 0 Å². The minimum Gasteiger partial charge on any atom is -0.380 e. The topological polar surface area (TPSA) is 40.5 Å². The molecular weight excluding hydrogens is 307 g/mol. The van der Waals surface area contributed by atoms with Crippen LogP contribution < -0.4 is 0 Å². The van der Waals surface area contributed by atoms with E-state index in [0.29, 0.717) is 18.3 Å². The van der Waals surface area contributed by atoms with Crippen molar-refractivity contribution in [2.75, 3.05) is 13.1 Å². The van der Waals surface area contributed by atoms with Gasteiger partial charge in [0.05, 0.1) is 0 Å². The lowest BCUT2D eigenvalue weighted by molar-refractivity contribution is -0.272. The Kier molecular flexibility index (Phi) is 5.05. The maximum Gasteiger partial charge on any atom is 0.417 e. The van der Waals surface area contributed by atoms with Crippen LogP contribution in [0.1, 0.15) is 59.3 Å². The number of aliphatic hydroxyl groups is 1. The minimum absolute atomic E-state index is 0.0134. The Morgan fingerprint density at radius 3 is 2.26 bits per heavy atom. The SMILES string of the molecule is CC1CC(CC(=O)N2CCC(O)(C(F)(F)F)CC2)CC(C)(C)C1. The molecule has 2 unspecified atom stereocenters. The number of amides is 1. The van der Waals surface area contributed by atoms with Gasteiger partial charge in [-0.15, -0.1) is 0 Å². The molecule has 0 spiro atoms. The van der Waals surface area contributed by atoms with Crippen molar-refractivity contribution in [2.45, 2.75) is 71.1 Å². The van der Waals surface area contributed by atoms with E-state index in [0.717, 1.165) is 19.3 Å². The molecule has 2 atom stereocenters. The van der Waals surface area contributed by atoms with E-state index in [1.54, 1.807) is 0 Å². The number of halogens is 3. The van der Waals surface area contributed by atoms with Gasteiger partial charge in [0, 0.05) is 32.4 Å². The van der Waals surface area contributed by atoms with Gasteiger partial charge < -0.3 is 10.0 Å². The van der Waals surface area contributed by atoms with Crippen LogP contribution in [0.2, 0.25) is 0 Å². The van der Waals surface area contributed by atoms with Crippen LogP contribution in [-0.4, -0.2) is 40.8 Å². The fraction of sp³-hybridized carbons (Fsp3) is 0.941. The van der Waals surface area contributed by atoms with Crippen molar-refractivity contribution in [3.05, 3.63) is 0 Å². The molecule has 2 fully saturated rings. The average molecular weight is 335 g/mol. The maximum atomic E-state index is 12.8. The summed E-state index contributed by atoms with van der Waals surface area (Å²) in [6.07, 6.45) is -1.90. The van der Waals surface area contributed by atoms with Crippen molar-refractivity contribution in [1.82, 2.24) is 4.90 Å². The zero-order chi connectivity index (χ0) is 17.5. The molecule has 1 aliphatic heterocycles. The number of alkyl halides is 3. The molecule has 3 nitrogen and oxygen atoms in total. The van der Waals surface area contributed by atoms with E-state index in [4.69, 9.17) is 0 Å². The quantitative estimate of drug-likeness (QED) is 0.835. The van der Waals surface area contributed by atoms with Crippen molar-refractivity contribution < 1.29 is 23.1 Å². The predicted octanol–water partition coefficient (Wildman–Crippen LogP) is 3.75. The molecule has 2 rings (SSSR count). The molecule has 0 radical (unpaired) electrons. The molecular formula is C17H28F3NO2. The fourth-order valence-corrected chi connectivity index (χ4v) is 4.48. The number of rotatable bonds is 2. The number of nitrogens with zero attached hydrogens (tertiary/aromatic N) is 1. The van der Waals surface area contributed by atoms with E-state index >= 15 is 0 Å². The van der Waals surface area contributed by atoms with Crippen LogP contribution in [0, 0.1) is 17.3 Å². The Morgan fingerprint density at radius 1 is 1.22 bits per heavy atom. The van der Waals surface area contributed by atoms with Crippen LogP contribution in [-0.2, 0) is 4.79 Å². The molecule has 6 heteroatoms. The monoisotopic (exact) mass is 335 g/mol. The molecule has 1 saturated carbocycles. The highest BCUT2D eigenvalue weighted by Crippen LogP contribution is 2.43. The number of carbonyl (C=O) groups excluding carboxylic acids is 1. The van der Waals surface area contributed by atoms with Crippen molar-refractivity contribution in [3.8, 4) is 0 Å². The molecule has 23 heavy (non-hydrogen) atoms. The highest BCUT2D eigenvalue weighted by atomic mass is 19.4. The summed E-state index contributed by atoms with van der Waals surface area (Å²) in [7, 11) is 0. The van der Waals surface area contributed by atoms with E-state index in [9.17, 15) is 23.1 Å². The number of likely N-dealkylation sites (tertiary alicyclic amines) is 1. The van der Waals surface area contributed by atoms with Gasteiger partial charge in [0.25, 0.3) is 0 Å². The second-order valence-corrected chi connectivity index (χ2v) is 8.39. The van der Waals surface area contributed by atoms with Crippen LogP contribution >= 0.6 is 0 Å². The Morgan fingerprint density at radius 2 is 1.78 bits per heavy atom. The third kappa shape index (κ3) is 4.40. The summed E-state index contributed by atoms with van der Waals surface area (Å²) in [4.78, 5) is 13.9. The minimum atomic E-state index is -4.62. The van der Waals surface area contributed by atoms with Crippen LogP contribution in [0.3, 0.4) is 0 Å². The average Bonchev–Trinajstić information content (AvgIpc) is 2.35. The molecule has 1 N–H and O–H groups in total. The molecule has 0 aromatic rings. The fourth-order valence-electron chi connectivity index (χ4n) is 4.48. The standard InChI is InChI=1S/C17H28F3NO2/c1-12-8-13(11-15(2,3)10-12)9-14(22)21-6-4-16(23,5-7-21)17(18,19)20/h12-13,23H,4-11H2,1-3H3. The second kappa shape index (κ2) is 6.26. The van der Waals surface area contributed by atoms with E-state index in [2.05, 4.69) is 20.8 Å². The summed E-state index contributed by atoms with van der Waals surface area (Å²) in [6, 6.07) is 0. The van der Waals surface area contributed by atoms with E-state index in [1.165, 1.54) is 4.90 Å². The molecule has 0 bridgehead atoms. The third-order valence-electron chi connectivity index (χ3n) is 5.41. The molecule has 1 heterocycles. The van der Waals surface area contributed by atoms with Crippen molar-refractivity contribution in [1.29, 1.82) is 0 Å². The second-order valence-electron chi connectivity index (χ2n) is 8.39. The predicted molar refractivity (Wildman–Crippen MR) is 81.7 cm³/mol. The smallest absolute Gasteiger partial charge is 0.380 e. The number of piperidine rings is 1. The van der Waals surface area contributed by atoms with Crippen molar-refractivity contribution in [3.63, 3.8) is 0 Å². The van der Waals surface area contributed by atoms with Gasteiger partial charge in [0.15, 0.2) is 5.60 Å². The molecule has 0 aromatic carbocycles. The summed E-state index contributed by atoms with van der Waals surface area (Å²) in [5.74, 6) is 0.821. The highest BCUT2D eigenvalue weighted by molar-refractivity contribution is 5.76. The van der Waals surface area contributed by atoms with Gasteiger partial charge >= 0.3 is 6.18 Å². The zero-order valence-corrected chi connectivity index (χ0v) is 14.2. The Balaban J connectivity index is 1.88. The Labute approximate surface area is 136 Å².